The van der Waals surface area contributed by atoms with E-state index in [1.54, 1.807) is 36.4 Å². The minimum absolute atomic E-state index is 0.00509. The molecule has 70 heavy (non-hydrogen) atoms. The molecule has 1 aliphatic heterocycles. The summed E-state index contributed by atoms with van der Waals surface area (Å²) in [6, 6.07) is 23.8. The average Bonchev–Trinajstić information content (AvgIpc) is 3.27. The first kappa shape index (κ1) is 49.9. The van der Waals surface area contributed by atoms with E-state index < -0.39 is 51.2 Å². The first-order chi connectivity index (χ1) is 32.9. The summed E-state index contributed by atoms with van der Waals surface area (Å²) >= 11 is 0.743. The van der Waals surface area contributed by atoms with Crippen molar-refractivity contribution in [1.82, 2.24) is 15.2 Å². The van der Waals surface area contributed by atoms with Gasteiger partial charge in [0.25, 0.3) is 30.3 Å². The topological polar surface area (TPSA) is 285 Å². The number of carbonyl (C=O) groups excluding carboxylic acids is 1. The molecule has 6 aromatic rings. The number of hydrogen-bond acceptors (Lipinski definition) is 17. The van der Waals surface area contributed by atoms with Gasteiger partial charge in [0, 0.05) is 46.8 Å². The lowest BCUT2D eigenvalue weighted by molar-refractivity contribution is -0.237. The number of ketones is 1. The van der Waals surface area contributed by atoms with Gasteiger partial charge in [0.05, 0.1) is 51.9 Å². The second kappa shape index (κ2) is 18.7. The molecule has 2 heterocycles. The molecule has 1 aliphatic carbocycles. The number of ether oxygens (including phenoxy) is 1. The van der Waals surface area contributed by atoms with E-state index in [2.05, 4.69) is 47.7 Å². The molecule has 0 radical (unpaired) electrons. The number of hydroxylamine groups is 1. The quantitative estimate of drug-likeness (QED) is 0.0173. The lowest BCUT2D eigenvalue weighted by Gasteiger charge is -2.33. The molecule has 19 nitrogen and oxygen atoms in total. The molecule has 8 rings (SSSR count). The number of anilines is 3. The van der Waals surface area contributed by atoms with E-state index in [0.29, 0.717) is 22.4 Å². The minimum Gasteiger partial charge on any atom is -0.454 e. The molecule has 0 saturated heterocycles. The zero-order valence-electron chi connectivity index (χ0n) is 38.2. The number of sulfonamides is 1. The minimum atomic E-state index is -4.98. The van der Waals surface area contributed by atoms with Crippen LogP contribution in [-0.2, 0) is 45.0 Å². The highest BCUT2D eigenvalue weighted by molar-refractivity contribution is 7.94. The van der Waals surface area contributed by atoms with Gasteiger partial charge in [0.2, 0.25) is 0 Å². The standard InChI is InChI=1S/C47H45N7O12S4/c1-46(2,3)25-47(4,5)26-12-19-34(37(22-26)70(61,62)63)64-35-24-33(51-27-13-16-29(17-14-27)69(58,59)60)39-40-38(30-10-7-8-11-31(30)43(39)55)41(44(53-42(35)40)50-21-9-20-48)45-52-32-18-15-28(67-66-65-49-6)23-36(32)68(56,57)54-45/h7-8,10-19,22-24,49,51H,9,21,25H2,1-6H3,(H,50,53)(H,52,54)(H,58,59,60)(H,61,62,63). The number of nitrogens with one attached hydrogen (secondary N) is 4. The number of hydrogen-bond donors (Lipinski definition) is 6. The Kier molecular flexibility index (Phi) is 13.3. The molecule has 0 bridgehead atoms. The molecule has 0 amide bonds. The van der Waals surface area contributed by atoms with Gasteiger partial charge >= 0.3 is 0 Å². The number of aromatic nitrogens is 1. The summed E-state index contributed by atoms with van der Waals surface area (Å²) < 4.78 is 114. The number of pyridine rings is 1. The number of benzene rings is 5. The molecule has 23 heteroatoms. The second-order valence-corrected chi connectivity index (χ2v) is 23.3. The van der Waals surface area contributed by atoms with E-state index in [1.165, 1.54) is 49.5 Å². The Bertz CT molecular complexity index is 3550. The molecule has 0 unspecified atom stereocenters. The number of amidine groups is 1. The predicted molar refractivity (Wildman–Crippen MR) is 262 cm³/mol. The maximum absolute atomic E-state index is 15.0. The lowest BCUT2D eigenvalue weighted by atomic mass is 9.72. The van der Waals surface area contributed by atoms with Crippen LogP contribution in [0.25, 0.3) is 22.0 Å². The highest BCUT2D eigenvalue weighted by Gasteiger charge is 2.38. The lowest BCUT2D eigenvalue weighted by Crippen LogP contribution is -2.35. The summed E-state index contributed by atoms with van der Waals surface area (Å²) in [5, 5.41) is 16.0. The third kappa shape index (κ3) is 10.1. The molecular weight excluding hydrogens is 983 g/mol. The fourth-order valence-electron chi connectivity index (χ4n) is 8.73. The monoisotopic (exact) mass is 1030 g/mol. The van der Waals surface area contributed by atoms with Crippen molar-refractivity contribution in [2.45, 2.75) is 72.5 Å². The fourth-order valence-corrected chi connectivity index (χ4v) is 11.6. The molecule has 1 aromatic heterocycles. The number of nitrogens with zero attached hydrogens (tertiary/aromatic N) is 3. The number of carbonyl (C=O) groups is 1. The van der Waals surface area contributed by atoms with Gasteiger partial charge in [-0.15, -0.1) is 9.32 Å². The molecule has 6 N–H and O–H groups in total. The molecule has 5 aromatic carbocycles. The van der Waals surface area contributed by atoms with Gasteiger partial charge in [0.15, 0.2) is 17.4 Å². The summed E-state index contributed by atoms with van der Waals surface area (Å²) in [5.74, 6) is -1.22. The Morgan fingerprint density at radius 1 is 0.857 bits per heavy atom. The third-order valence-electron chi connectivity index (χ3n) is 11.2. The van der Waals surface area contributed by atoms with Crippen LogP contribution >= 0.6 is 12.0 Å². The van der Waals surface area contributed by atoms with E-state index in [0.717, 1.165) is 24.2 Å². The van der Waals surface area contributed by atoms with Gasteiger partial charge in [-0.3, -0.25) is 18.6 Å². The first-order valence-electron chi connectivity index (χ1n) is 21.3. The van der Waals surface area contributed by atoms with Crippen molar-refractivity contribution in [3.05, 3.63) is 113 Å². The summed E-state index contributed by atoms with van der Waals surface area (Å²) in [6.45, 7) is 10.1. The second-order valence-electron chi connectivity index (χ2n) is 18.1. The molecule has 364 valence electrons. The number of nitriles is 1. The summed E-state index contributed by atoms with van der Waals surface area (Å²) in [5.41, 5.74) is 3.25. The van der Waals surface area contributed by atoms with E-state index in [1.807, 2.05) is 13.8 Å². The van der Waals surface area contributed by atoms with Gasteiger partial charge in [-0.1, -0.05) is 65.0 Å². The zero-order valence-corrected chi connectivity index (χ0v) is 41.5. The summed E-state index contributed by atoms with van der Waals surface area (Å²) in [6.07, 6.45) is 0.603. The summed E-state index contributed by atoms with van der Waals surface area (Å²) in [7, 11) is -12.5. The van der Waals surface area contributed by atoms with Gasteiger partial charge < -0.3 is 15.4 Å². The largest absolute Gasteiger partial charge is 0.454 e. The van der Waals surface area contributed by atoms with E-state index >= 15 is 4.79 Å². The zero-order chi connectivity index (χ0) is 50.6. The van der Waals surface area contributed by atoms with Crippen molar-refractivity contribution in [3.63, 3.8) is 0 Å². The maximum atomic E-state index is 15.0. The molecule has 2 aliphatic rings. The third-order valence-corrected chi connectivity index (χ3v) is 14.9. The number of aliphatic imine (C=N–C) groups is 1. The van der Waals surface area contributed by atoms with Crippen molar-refractivity contribution in [3.8, 4) is 28.7 Å². The van der Waals surface area contributed by atoms with E-state index in [9.17, 15) is 39.6 Å². The number of rotatable bonds is 16. The summed E-state index contributed by atoms with van der Waals surface area (Å²) in [4.78, 5) is 28.7. The van der Waals surface area contributed by atoms with Crippen molar-refractivity contribution in [2.75, 3.05) is 24.2 Å². The molecule has 0 spiro atoms. The molecule has 0 atom stereocenters. The van der Waals surface area contributed by atoms with Crippen LogP contribution in [0.4, 0.5) is 22.9 Å². The van der Waals surface area contributed by atoms with Crippen molar-refractivity contribution in [1.29, 1.82) is 5.26 Å². The van der Waals surface area contributed by atoms with Gasteiger partial charge in [-0.05, 0) is 83.0 Å². The van der Waals surface area contributed by atoms with Crippen LogP contribution in [0, 0.1) is 16.7 Å². The Labute approximate surface area is 408 Å². The van der Waals surface area contributed by atoms with E-state index in [4.69, 9.17) is 24.0 Å². The van der Waals surface area contributed by atoms with Crippen molar-refractivity contribution < 1.29 is 53.2 Å². The normalized spacial score (nSPS) is 14.2. The Balaban J connectivity index is 1.45. The molecule has 0 saturated carbocycles. The number of fused-ring (bicyclic) bond motifs is 3. The van der Waals surface area contributed by atoms with Crippen LogP contribution in [0.1, 0.15) is 74.5 Å². The Morgan fingerprint density at radius 2 is 1.57 bits per heavy atom. The average molecular weight is 1030 g/mol. The van der Waals surface area contributed by atoms with E-state index in [-0.39, 0.29) is 96.6 Å². The van der Waals surface area contributed by atoms with Crippen molar-refractivity contribution in [2.24, 2.45) is 10.4 Å². The highest BCUT2D eigenvalue weighted by atomic mass is 32.2. The predicted octanol–water partition coefficient (Wildman–Crippen LogP) is 8.97. The van der Waals surface area contributed by atoms with Crippen LogP contribution in [-0.4, -0.2) is 64.6 Å². The first-order valence-corrected chi connectivity index (χ1v) is 26.4. The van der Waals surface area contributed by atoms with Crippen LogP contribution in [0.15, 0.2) is 116 Å². The van der Waals surface area contributed by atoms with Crippen LogP contribution in [0.2, 0.25) is 0 Å². The fraction of sp³-hybridized carbons (Fsp3) is 0.234. The Hall–Kier alpha value is -6.46. The smallest absolute Gasteiger partial charge is 0.298 e. The molecular formula is C47H45N7O12S4. The van der Waals surface area contributed by atoms with Gasteiger partial charge in [-0.25, -0.2) is 18.4 Å². The van der Waals surface area contributed by atoms with Crippen molar-refractivity contribution >= 4 is 87.7 Å². The van der Waals surface area contributed by atoms with Crippen LogP contribution in [0.5, 0.6) is 11.5 Å². The SMILES string of the molecule is CNOOSc1ccc2c(c1)S(=O)(=O)NC(c1c(NCCC#N)nc3c(Oc4ccc(C(C)(C)CC(C)(C)C)cc4S(=O)(=O)O)cc(Nc4ccc(S(=O)(=O)O)cc4)c4c3c1-c1ccccc1C4=O)=N2. The van der Waals surface area contributed by atoms with Crippen LogP contribution < -0.4 is 25.6 Å². The highest BCUT2D eigenvalue weighted by Crippen LogP contribution is 2.51. The van der Waals surface area contributed by atoms with Gasteiger partial charge in [-0.2, -0.15) is 27.6 Å². The van der Waals surface area contributed by atoms with Gasteiger partial charge in [0.1, 0.15) is 26.9 Å². The molecule has 0 fully saturated rings. The Morgan fingerprint density at radius 3 is 2.23 bits per heavy atom. The van der Waals surface area contributed by atoms with Crippen LogP contribution in [0.3, 0.4) is 0 Å². The maximum Gasteiger partial charge on any atom is 0.298 e.